The van der Waals surface area contributed by atoms with Gasteiger partial charge in [0.05, 0.1) is 13.2 Å². The van der Waals surface area contributed by atoms with E-state index in [4.69, 9.17) is 9.47 Å². The Labute approximate surface area is 93.5 Å². The number of methoxy groups -OCH3 is 1. The van der Waals surface area contributed by atoms with E-state index in [0.717, 1.165) is 25.5 Å². The standard InChI is InChI=1S/C12H25NO2/c1-12(2)9-11(12)10-13-5-4-6-15-8-7-14-3/h11,13H,4-10H2,1-3H3. The Kier molecular flexibility index (Phi) is 5.58. The highest BCUT2D eigenvalue weighted by atomic mass is 16.5. The summed E-state index contributed by atoms with van der Waals surface area (Å²) in [6.07, 6.45) is 2.47. The molecule has 0 aromatic rings. The molecule has 15 heavy (non-hydrogen) atoms. The summed E-state index contributed by atoms with van der Waals surface area (Å²) in [5, 5.41) is 3.48. The summed E-state index contributed by atoms with van der Waals surface area (Å²) in [4.78, 5) is 0. The van der Waals surface area contributed by atoms with E-state index in [0.29, 0.717) is 18.6 Å². The van der Waals surface area contributed by atoms with Crippen LogP contribution in [0.25, 0.3) is 0 Å². The Bertz CT molecular complexity index is 171. The second-order valence-electron chi connectivity index (χ2n) is 5.05. The maximum atomic E-state index is 5.37. The highest BCUT2D eigenvalue weighted by Crippen LogP contribution is 2.50. The van der Waals surface area contributed by atoms with Crippen LogP contribution in [0.15, 0.2) is 0 Å². The Morgan fingerprint density at radius 3 is 2.60 bits per heavy atom. The zero-order valence-electron chi connectivity index (χ0n) is 10.3. The van der Waals surface area contributed by atoms with E-state index in [1.165, 1.54) is 13.0 Å². The van der Waals surface area contributed by atoms with Gasteiger partial charge in [0.25, 0.3) is 0 Å². The lowest BCUT2D eigenvalue weighted by molar-refractivity contribution is 0.0695. The molecule has 1 aliphatic carbocycles. The van der Waals surface area contributed by atoms with E-state index in [1.807, 2.05) is 0 Å². The zero-order valence-corrected chi connectivity index (χ0v) is 10.3. The van der Waals surface area contributed by atoms with Crippen molar-refractivity contribution in [3.63, 3.8) is 0 Å². The lowest BCUT2D eigenvalue weighted by Crippen LogP contribution is -2.21. The minimum atomic E-state index is 0.599. The van der Waals surface area contributed by atoms with E-state index >= 15 is 0 Å². The fourth-order valence-electron chi connectivity index (χ4n) is 1.74. The smallest absolute Gasteiger partial charge is 0.0700 e. The molecule has 1 saturated carbocycles. The predicted molar refractivity (Wildman–Crippen MR) is 62.1 cm³/mol. The number of rotatable bonds is 9. The molecule has 1 atom stereocenters. The van der Waals surface area contributed by atoms with Gasteiger partial charge >= 0.3 is 0 Å². The quantitative estimate of drug-likeness (QED) is 0.594. The molecule has 0 heterocycles. The van der Waals surface area contributed by atoms with Gasteiger partial charge < -0.3 is 14.8 Å². The molecule has 1 unspecified atom stereocenters. The van der Waals surface area contributed by atoms with Crippen molar-refractivity contribution in [2.45, 2.75) is 26.7 Å². The third kappa shape index (κ3) is 5.50. The van der Waals surface area contributed by atoms with Gasteiger partial charge in [-0.05, 0) is 37.3 Å². The summed E-state index contributed by atoms with van der Waals surface area (Å²) >= 11 is 0. The van der Waals surface area contributed by atoms with Gasteiger partial charge in [-0.3, -0.25) is 0 Å². The molecule has 0 saturated heterocycles. The van der Waals surface area contributed by atoms with Crippen LogP contribution < -0.4 is 5.32 Å². The molecule has 0 radical (unpaired) electrons. The number of hydrogen-bond acceptors (Lipinski definition) is 3. The van der Waals surface area contributed by atoms with Crippen LogP contribution in [0.3, 0.4) is 0 Å². The molecule has 1 aliphatic rings. The van der Waals surface area contributed by atoms with E-state index in [9.17, 15) is 0 Å². The first-order valence-corrected chi connectivity index (χ1v) is 5.94. The third-order valence-corrected chi connectivity index (χ3v) is 3.18. The lowest BCUT2D eigenvalue weighted by Gasteiger charge is -2.06. The summed E-state index contributed by atoms with van der Waals surface area (Å²) in [7, 11) is 1.70. The molecule has 0 spiro atoms. The van der Waals surface area contributed by atoms with E-state index < -0.39 is 0 Å². The molecule has 0 aromatic carbocycles. The van der Waals surface area contributed by atoms with Crippen molar-refractivity contribution in [3.8, 4) is 0 Å². The molecule has 0 amide bonds. The van der Waals surface area contributed by atoms with Gasteiger partial charge in [0, 0.05) is 13.7 Å². The first kappa shape index (κ1) is 12.9. The van der Waals surface area contributed by atoms with Gasteiger partial charge in [0.2, 0.25) is 0 Å². The van der Waals surface area contributed by atoms with Gasteiger partial charge in [-0.1, -0.05) is 13.8 Å². The maximum absolute atomic E-state index is 5.37. The molecule has 3 heteroatoms. The number of hydrogen-bond donors (Lipinski definition) is 1. The number of nitrogens with one attached hydrogen (secondary N) is 1. The van der Waals surface area contributed by atoms with Gasteiger partial charge in [0.1, 0.15) is 0 Å². The second-order valence-corrected chi connectivity index (χ2v) is 5.05. The SMILES string of the molecule is COCCOCCCNCC1CC1(C)C. The molecule has 3 nitrogen and oxygen atoms in total. The highest BCUT2D eigenvalue weighted by molar-refractivity contribution is 4.95. The van der Waals surface area contributed by atoms with Crippen molar-refractivity contribution >= 4 is 0 Å². The molecule has 0 bridgehead atoms. The van der Waals surface area contributed by atoms with Crippen LogP contribution in [0.5, 0.6) is 0 Å². The van der Waals surface area contributed by atoms with Crippen LogP contribution in [-0.2, 0) is 9.47 Å². The summed E-state index contributed by atoms with van der Waals surface area (Å²) in [6.45, 7) is 9.17. The molecule has 1 fully saturated rings. The number of ether oxygens (including phenoxy) is 2. The Balaban J connectivity index is 1.74. The minimum Gasteiger partial charge on any atom is -0.382 e. The van der Waals surface area contributed by atoms with Crippen molar-refractivity contribution in [2.24, 2.45) is 11.3 Å². The average Bonchev–Trinajstić information content (AvgIpc) is 2.79. The van der Waals surface area contributed by atoms with Gasteiger partial charge in [-0.15, -0.1) is 0 Å². The van der Waals surface area contributed by atoms with Crippen molar-refractivity contribution in [1.82, 2.24) is 5.32 Å². The van der Waals surface area contributed by atoms with E-state index in [-0.39, 0.29) is 0 Å². The molecule has 90 valence electrons. The highest BCUT2D eigenvalue weighted by Gasteiger charge is 2.44. The van der Waals surface area contributed by atoms with Crippen molar-refractivity contribution in [2.75, 3.05) is 40.0 Å². The first-order chi connectivity index (χ1) is 7.17. The van der Waals surface area contributed by atoms with Gasteiger partial charge in [-0.2, -0.15) is 0 Å². The maximum Gasteiger partial charge on any atom is 0.0700 e. The van der Waals surface area contributed by atoms with Crippen LogP contribution in [0.2, 0.25) is 0 Å². The molecular formula is C12H25NO2. The molecule has 0 aromatic heterocycles. The van der Waals surface area contributed by atoms with Gasteiger partial charge in [0.15, 0.2) is 0 Å². The molecule has 1 rings (SSSR count). The van der Waals surface area contributed by atoms with Crippen molar-refractivity contribution in [3.05, 3.63) is 0 Å². The molecule has 1 N–H and O–H groups in total. The fourth-order valence-corrected chi connectivity index (χ4v) is 1.74. The Morgan fingerprint density at radius 2 is 2.00 bits per heavy atom. The monoisotopic (exact) mass is 215 g/mol. The van der Waals surface area contributed by atoms with Crippen LogP contribution in [0.4, 0.5) is 0 Å². The summed E-state index contributed by atoms with van der Waals surface area (Å²) in [5.74, 6) is 0.895. The van der Waals surface area contributed by atoms with Crippen LogP contribution in [0.1, 0.15) is 26.7 Å². The van der Waals surface area contributed by atoms with Crippen LogP contribution >= 0.6 is 0 Å². The Morgan fingerprint density at radius 1 is 1.27 bits per heavy atom. The van der Waals surface area contributed by atoms with Crippen molar-refractivity contribution in [1.29, 1.82) is 0 Å². The van der Waals surface area contributed by atoms with E-state index in [1.54, 1.807) is 7.11 Å². The van der Waals surface area contributed by atoms with Crippen LogP contribution in [-0.4, -0.2) is 40.0 Å². The minimum absolute atomic E-state index is 0.599. The normalized spacial score (nSPS) is 23.0. The fraction of sp³-hybridized carbons (Fsp3) is 1.00. The topological polar surface area (TPSA) is 30.5 Å². The first-order valence-electron chi connectivity index (χ1n) is 5.94. The predicted octanol–water partition coefficient (Wildman–Crippen LogP) is 1.68. The zero-order chi connectivity index (χ0) is 11.1. The summed E-state index contributed by atoms with van der Waals surface area (Å²) < 4.78 is 10.3. The van der Waals surface area contributed by atoms with Crippen LogP contribution in [0, 0.1) is 11.3 Å². The van der Waals surface area contributed by atoms with Crippen molar-refractivity contribution < 1.29 is 9.47 Å². The lowest BCUT2D eigenvalue weighted by atomic mass is 10.1. The summed E-state index contributed by atoms with van der Waals surface area (Å²) in [6, 6.07) is 0. The Hall–Kier alpha value is -0.120. The van der Waals surface area contributed by atoms with Gasteiger partial charge in [-0.25, -0.2) is 0 Å². The summed E-state index contributed by atoms with van der Waals surface area (Å²) in [5.41, 5.74) is 0.599. The largest absolute Gasteiger partial charge is 0.382 e. The molecule has 0 aliphatic heterocycles. The van der Waals surface area contributed by atoms with E-state index in [2.05, 4.69) is 19.2 Å². The molecular weight excluding hydrogens is 190 g/mol. The average molecular weight is 215 g/mol. The third-order valence-electron chi connectivity index (χ3n) is 3.18. The second kappa shape index (κ2) is 6.46.